The van der Waals surface area contributed by atoms with Crippen LogP contribution >= 0.6 is 0 Å². The van der Waals surface area contributed by atoms with Crippen LogP contribution in [0, 0.1) is 62.9 Å². The number of ether oxygens (including phenoxy) is 1. The van der Waals surface area contributed by atoms with Crippen molar-refractivity contribution >= 4 is 34.6 Å². The predicted octanol–water partition coefficient (Wildman–Crippen LogP) is 6.61. The fraction of sp³-hybridized carbons (Fsp3) is 0.686. The number of non-ortho nitro benzene ring substituents is 1. The third-order valence-corrected chi connectivity index (χ3v) is 12.5. The summed E-state index contributed by atoms with van der Waals surface area (Å²) in [5, 5.41) is 37.5. The number of benzene rings is 1. The summed E-state index contributed by atoms with van der Waals surface area (Å²) in [6.45, 7) is 4.64. The number of aromatic nitrogens is 2. The Morgan fingerprint density at radius 1 is 1.02 bits per heavy atom. The van der Waals surface area contributed by atoms with Crippen LogP contribution in [-0.2, 0) is 25.5 Å². The van der Waals surface area contributed by atoms with Gasteiger partial charge in [-0.3, -0.25) is 24.5 Å². The number of hydrogen-bond donors (Lipinski definition) is 2. The molecule has 6 rings (SSSR count). The van der Waals surface area contributed by atoms with Gasteiger partial charge >= 0.3 is 23.6 Å². The van der Waals surface area contributed by atoms with Gasteiger partial charge in [-0.15, -0.1) is 0 Å². The highest BCUT2D eigenvalue weighted by molar-refractivity contribution is 5.86. The molecule has 1 aromatic carbocycles. The summed E-state index contributed by atoms with van der Waals surface area (Å²) in [6.07, 6.45) is 12.7. The van der Waals surface area contributed by atoms with Crippen LogP contribution in [0.2, 0.25) is 0 Å². The maximum absolute atomic E-state index is 13.6. The Labute approximate surface area is 273 Å². The number of nitro groups is 1. The lowest BCUT2D eigenvalue weighted by atomic mass is 9.48. The van der Waals surface area contributed by atoms with Crippen molar-refractivity contribution in [1.82, 2.24) is 10.3 Å². The minimum absolute atomic E-state index is 0.0103. The molecule has 47 heavy (non-hydrogen) atoms. The Hall–Kier alpha value is -3.83. The van der Waals surface area contributed by atoms with E-state index >= 15 is 0 Å². The first-order valence-electron chi connectivity index (χ1n) is 17.2. The van der Waals surface area contributed by atoms with Crippen molar-refractivity contribution < 1.29 is 38.9 Å². The molecule has 0 saturated heterocycles. The second-order valence-corrected chi connectivity index (χ2v) is 14.9. The number of esters is 1. The van der Waals surface area contributed by atoms with E-state index in [0.29, 0.717) is 47.0 Å². The lowest BCUT2D eigenvalue weighted by Crippen LogP contribution is -2.51. The van der Waals surface area contributed by atoms with Gasteiger partial charge in [0.05, 0.1) is 10.8 Å². The standard InChI is InChI=1S/C35H45N3O9/c1-19(3-13-30(39)40)24-8-9-26-25(24)10-11-28-27(26)7-6-22-18-23(15-16-35(22,28)2)46-34(43)21(5-14-31(41)42)17-20-4-12-29(38(44)45)33-32(20)36-47-37-33/h4,10-12,19,21-28H,3,5-9,13-18H2,1-2H3,(H,39,40)(H,41,42)/t19-,21-,22-,23-,24?,25?,26-,27+,28+,35+/m1/s1. The van der Waals surface area contributed by atoms with Gasteiger partial charge in [0, 0.05) is 18.9 Å². The quantitative estimate of drug-likeness (QED) is 0.109. The number of allylic oxidation sites excluding steroid dienone is 2. The normalized spacial score (nSPS) is 32.5. The van der Waals surface area contributed by atoms with E-state index in [1.54, 1.807) is 0 Å². The van der Waals surface area contributed by atoms with Crippen LogP contribution in [0.5, 0.6) is 0 Å². The van der Waals surface area contributed by atoms with Gasteiger partial charge < -0.3 is 14.9 Å². The zero-order chi connectivity index (χ0) is 33.5. The maximum atomic E-state index is 13.6. The van der Waals surface area contributed by atoms with E-state index in [2.05, 4.69) is 36.3 Å². The van der Waals surface area contributed by atoms with Gasteiger partial charge in [0.1, 0.15) is 11.6 Å². The molecule has 10 atom stereocenters. The second kappa shape index (κ2) is 13.4. The third kappa shape index (κ3) is 6.52. The maximum Gasteiger partial charge on any atom is 0.309 e. The van der Waals surface area contributed by atoms with Gasteiger partial charge in [-0.1, -0.05) is 26.0 Å². The number of nitrogens with zero attached hydrogens (tertiary/aromatic N) is 3. The lowest BCUT2D eigenvalue weighted by Gasteiger charge is -2.57. The molecule has 12 heteroatoms. The molecule has 0 bridgehead atoms. The Morgan fingerprint density at radius 3 is 2.49 bits per heavy atom. The number of carboxylic acid groups (broad SMARTS) is 2. The van der Waals surface area contributed by atoms with E-state index in [0.717, 1.165) is 38.5 Å². The van der Waals surface area contributed by atoms with E-state index < -0.39 is 28.7 Å². The van der Waals surface area contributed by atoms with Gasteiger partial charge in [-0.25, -0.2) is 4.63 Å². The lowest BCUT2D eigenvalue weighted by molar-refractivity contribution is -0.383. The summed E-state index contributed by atoms with van der Waals surface area (Å²) in [5.41, 5.74) is 0.554. The topological polar surface area (TPSA) is 183 Å². The molecular weight excluding hydrogens is 606 g/mol. The smallest absolute Gasteiger partial charge is 0.309 e. The molecule has 0 spiro atoms. The van der Waals surface area contributed by atoms with Crippen molar-refractivity contribution in [2.75, 3.05) is 0 Å². The molecule has 3 saturated carbocycles. The molecule has 254 valence electrons. The Bertz CT molecular complexity index is 1550. The molecule has 4 aliphatic rings. The summed E-state index contributed by atoms with van der Waals surface area (Å²) in [5.74, 6) is 0.710. The molecule has 0 amide bonds. The molecule has 0 aliphatic heterocycles. The molecule has 3 fully saturated rings. The number of carbonyl (C=O) groups is 3. The fourth-order valence-corrected chi connectivity index (χ4v) is 9.97. The van der Waals surface area contributed by atoms with Crippen molar-refractivity contribution in [3.05, 3.63) is 40.0 Å². The van der Waals surface area contributed by atoms with Crippen LogP contribution in [0.1, 0.15) is 90.0 Å². The molecule has 0 radical (unpaired) electrons. The van der Waals surface area contributed by atoms with Crippen molar-refractivity contribution in [1.29, 1.82) is 0 Å². The SMILES string of the molecule is C[C@H](CCC(=O)O)C1CC[C@@H]2C1C=C[C@H]1[C@H]2CC[C@@H]2C[C@H](OC(=O)[C@H](CCC(=O)O)Cc3ccc([N+](=O)[O-])c4nonc34)CC[C@@]21C. The highest BCUT2D eigenvalue weighted by Gasteiger charge is 2.55. The number of nitro benzene ring substituents is 1. The van der Waals surface area contributed by atoms with Crippen molar-refractivity contribution in [3.8, 4) is 0 Å². The Balaban J connectivity index is 1.12. The number of rotatable bonds is 12. The average molecular weight is 652 g/mol. The van der Waals surface area contributed by atoms with Crippen LogP contribution < -0.4 is 0 Å². The minimum Gasteiger partial charge on any atom is -0.481 e. The largest absolute Gasteiger partial charge is 0.481 e. The summed E-state index contributed by atoms with van der Waals surface area (Å²) < 4.78 is 10.9. The van der Waals surface area contributed by atoms with Gasteiger partial charge in [-0.2, -0.15) is 0 Å². The first-order valence-corrected chi connectivity index (χ1v) is 17.2. The molecule has 2 N–H and O–H groups in total. The van der Waals surface area contributed by atoms with Crippen molar-refractivity contribution in [3.63, 3.8) is 0 Å². The van der Waals surface area contributed by atoms with Crippen LogP contribution in [0.4, 0.5) is 5.69 Å². The van der Waals surface area contributed by atoms with Gasteiger partial charge in [0.15, 0.2) is 0 Å². The Kier molecular flexibility index (Phi) is 9.40. The molecule has 2 aromatic rings. The number of carbonyl (C=O) groups excluding carboxylic acids is 1. The van der Waals surface area contributed by atoms with E-state index in [1.807, 2.05) is 0 Å². The number of aliphatic carboxylic acids is 2. The van der Waals surface area contributed by atoms with Gasteiger partial charge in [0.2, 0.25) is 5.52 Å². The van der Waals surface area contributed by atoms with Crippen molar-refractivity contribution in [2.24, 2.45) is 52.8 Å². The zero-order valence-electron chi connectivity index (χ0n) is 27.1. The van der Waals surface area contributed by atoms with Crippen LogP contribution in [0.15, 0.2) is 28.9 Å². The van der Waals surface area contributed by atoms with Gasteiger partial charge in [-0.05, 0) is 133 Å². The minimum atomic E-state index is -1.02. The number of hydrogen-bond acceptors (Lipinski definition) is 9. The molecule has 1 heterocycles. The average Bonchev–Trinajstić information content (AvgIpc) is 3.70. The molecule has 4 aliphatic carbocycles. The highest BCUT2D eigenvalue weighted by Crippen LogP contribution is 2.62. The van der Waals surface area contributed by atoms with E-state index in [1.165, 1.54) is 25.0 Å². The van der Waals surface area contributed by atoms with E-state index in [-0.39, 0.29) is 53.9 Å². The summed E-state index contributed by atoms with van der Waals surface area (Å²) >= 11 is 0. The molecule has 1 aromatic heterocycles. The monoisotopic (exact) mass is 651 g/mol. The number of carboxylic acids is 2. The van der Waals surface area contributed by atoms with E-state index in [4.69, 9.17) is 9.37 Å². The van der Waals surface area contributed by atoms with Crippen LogP contribution in [-0.4, -0.2) is 49.5 Å². The summed E-state index contributed by atoms with van der Waals surface area (Å²) in [4.78, 5) is 47.1. The first-order chi connectivity index (χ1) is 22.5. The summed E-state index contributed by atoms with van der Waals surface area (Å²) in [7, 11) is 0. The summed E-state index contributed by atoms with van der Waals surface area (Å²) in [6, 6.07) is 2.81. The second-order valence-electron chi connectivity index (χ2n) is 14.9. The van der Waals surface area contributed by atoms with Gasteiger partial charge in [0.25, 0.3) is 0 Å². The number of fused-ring (bicyclic) bond motifs is 6. The highest BCUT2D eigenvalue weighted by atomic mass is 16.6. The molecule has 2 unspecified atom stereocenters. The van der Waals surface area contributed by atoms with Crippen LogP contribution in [0.25, 0.3) is 11.0 Å². The zero-order valence-corrected chi connectivity index (χ0v) is 27.1. The van der Waals surface area contributed by atoms with E-state index in [9.17, 15) is 34.7 Å². The van der Waals surface area contributed by atoms with Crippen LogP contribution in [0.3, 0.4) is 0 Å². The first kappa shape index (κ1) is 33.1. The Morgan fingerprint density at radius 2 is 1.74 bits per heavy atom. The third-order valence-electron chi connectivity index (χ3n) is 12.5. The fourth-order valence-electron chi connectivity index (χ4n) is 9.97. The van der Waals surface area contributed by atoms with Crippen molar-refractivity contribution in [2.45, 2.75) is 97.0 Å². The molecular formula is C35H45N3O9. The predicted molar refractivity (Wildman–Crippen MR) is 169 cm³/mol. The molecule has 12 nitrogen and oxygen atoms in total.